The van der Waals surface area contributed by atoms with E-state index < -0.39 is 0 Å². The Morgan fingerprint density at radius 3 is 2.13 bits per heavy atom. The molecule has 0 aromatic heterocycles. The van der Waals surface area contributed by atoms with Gasteiger partial charge in [0.2, 0.25) is 0 Å². The molecule has 0 bridgehead atoms. The lowest BCUT2D eigenvalue weighted by Gasteiger charge is -2.07. The van der Waals surface area contributed by atoms with Crippen molar-refractivity contribution >= 4 is 17.2 Å². The molecule has 2 heteroatoms. The van der Waals surface area contributed by atoms with Gasteiger partial charge in [-0.1, -0.05) is 66.8 Å². The average Bonchev–Trinajstić information content (AvgIpc) is 2.30. The summed E-state index contributed by atoms with van der Waals surface area (Å²) in [6.07, 6.45) is 0. The van der Waals surface area contributed by atoms with Crippen molar-refractivity contribution in [2.45, 2.75) is 0 Å². The van der Waals surface area contributed by atoms with Crippen molar-refractivity contribution in [2.24, 2.45) is 5.73 Å². The van der Waals surface area contributed by atoms with E-state index in [1.807, 2.05) is 42.5 Å². The second kappa shape index (κ2) is 4.24. The summed E-state index contributed by atoms with van der Waals surface area (Å²) in [4.78, 5) is 0.439. The Morgan fingerprint density at radius 1 is 0.867 bits per heavy atom. The molecule has 2 aromatic carbocycles. The summed E-state index contributed by atoms with van der Waals surface area (Å²) in [6.45, 7) is 0. The molecule has 1 nitrogen and oxygen atoms in total. The molecule has 0 aliphatic rings. The molecule has 0 spiro atoms. The van der Waals surface area contributed by atoms with Crippen molar-refractivity contribution in [3.05, 3.63) is 60.2 Å². The van der Waals surface area contributed by atoms with Crippen LogP contribution in [0.5, 0.6) is 0 Å². The van der Waals surface area contributed by atoms with Crippen LogP contribution in [-0.2, 0) is 0 Å². The van der Waals surface area contributed by atoms with Gasteiger partial charge >= 0.3 is 0 Å². The van der Waals surface area contributed by atoms with Crippen molar-refractivity contribution < 1.29 is 0 Å². The normalized spacial score (nSPS) is 9.87. The van der Waals surface area contributed by atoms with Crippen molar-refractivity contribution in [1.82, 2.24) is 0 Å². The molecule has 0 aliphatic carbocycles. The maximum atomic E-state index is 5.68. The quantitative estimate of drug-likeness (QED) is 0.776. The molecule has 2 aromatic rings. The third-order valence-corrected chi connectivity index (χ3v) is 2.50. The van der Waals surface area contributed by atoms with Gasteiger partial charge in [-0.3, -0.25) is 0 Å². The molecule has 0 saturated carbocycles. The summed E-state index contributed by atoms with van der Waals surface area (Å²) in [7, 11) is 0. The minimum absolute atomic E-state index is 0.439. The molecule has 0 saturated heterocycles. The predicted octanol–water partition coefficient (Wildman–Crippen LogP) is 2.99. The van der Waals surface area contributed by atoms with Crippen molar-refractivity contribution in [3.63, 3.8) is 0 Å². The maximum Gasteiger partial charge on any atom is 0.104 e. The molecule has 0 heterocycles. The van der Waals surface area contributed by atoms with Crippen LogP contribution in [0.15, 0.2) is 54.6 Å². The largest absolute Gasteiger partial charge is 0.389 e. The summed E-state index contributed by atoms with van der Waals surface area (Å²) in [6, 6.07) is 18.0. The smallest absolute Gasteiger partial charge is 0.104 e. The fourth-order valence-corrected chi connectivity index (χ4v) is 1.75. The van der Waals surface area contributed by atoms with E-state index in [9.17, 15) is 0 Å². The van der Waals surface area contributed by atoms with E-state index in [1.165, 1.54) is 0 Å². The van der Waals surface area contributed by atoms with E-state index >= 15 is 0 Å². The van der Waals surface area contributed by atoms with Gasteiger partial charge in [0.25, 0.3) is 0 Å². The molecule has 0 radical (unpaired) electrons. The fraction of sp³-hybridized carbons (Fsp3) is 0. The highest BCUT2D eigenvalue weighted by atomic mass is 32.1. The number of hydrogen-bond donors (Lipinski definition) is 1. The first-order chi connectivity index (χ1) is 7.29. The number of rotatable bonds is 2. The first kappa shape index (κ1) is 9.87. The Labute approximate surface area is 94.6 Å². The lowest BCUT2D eigenvalue weighted by atomic mass is 10.00. The third kappa shape index (κ3) is 2.05. The summed E-state index contributed by atoms with van der Waals surface area (Å²) in [5, 5.41) is 0. The molecule has 15 heavy (non-hydrogen) atoms. The van der Waals surface area contributed by atoms with Crippen molar-refractivity contribution in [1.29, 1.82) is 0 Å². The summed E-state index contributed by atoms with van der Waals surface area (Å²) < 4.78 is 0. The van der Waals surface area contributed by atoms with Gasteiger partial charge in [-0.25, -0.2) is 0 Å². The van der Waals surface area contributed by atoms with Crippen molar-refractivity contribution in [2.75, 3.05) is 0 Å². The Bertz CT molecular complexity index is 477. The second-order valence-corrected chi connectivity index (χ2v) is 3.72. The molecular weight excluding hydrogens is 202 g/mol. The lowest BCUT2D eigenvalue weighted by molar-refractivity contribution is 1.57. The standard InChI is InChI=1S/C13H11NS/c14-13(15)12-9-5-4-8-11(12)10-6-2-1-3-7-10/h1-9H,(H2,14,15). The number of hydrogen-bond acceptors (Lipinski definition) is 1. The van der Waals surface area contributed by atoms with Crippen LogP contribution >= 0.6 is 12.2 Å². The van der Waals surface area contributed by atoms with Crippen molar-refractivity contribution in [3.8, 4) is 11.1 Å². The van der Waals surface area contributed by atoms with E-state index in [2.05, 4.69) is 12.1 Å². The predicted molar refractivity (Wildman–Crippen MR) is 67.8 cm³/mol. The van der Waals surface area contributed by atoms with Crippen LogP contribution in [0.2, 0.25) is 0 Å². The highest BCUT2D eigenvalue weighted by Crippen LogP contribution is 2.22. The van der Waals surface area contributed by atoms with Gasteiger partial charge in [-0.15, -0.1) is 0 Å². The minimum atomic E-state index is 0.439. The monoisotopic (exact) mass is 213 g/mol. The highest BCUT2D eigenvalue weighted by Gasteiger charge is 2.05. The van der Waals surface area contributed by atoms with Gasteiger partial charge in [0.15, 0.2) is 0 Å². The Hall–Kier alpha value is -1.67. The lowest BCUT2D eigenvalue weighted by Crippen LogP contribution is -2.10. The van der Waals surface area contributed by atoms with E-state index in [4.69, 9.17) is 18.0 Å². The maximum absolute atomic E-state index is 5.68. The molecular formula is C13H11NS. The van der Waals surface area contributed by atoms with Crippen LogP contribution in [0.1, 0.15) is 5.56 Å². The number of nitrogens with two attached hydrogens (primary N) is 1. The van der Waals surface area contributed by atoms with Gasteiger partial charge < -0.3 is 5.73 Å². The van der Waals surface area contributed by atoms with Crippen LogP contribution in [0.3, 0.4) is 0 Å². The Balaban J connectivity index is 2.58. The van der Waals surface area contributed by atoms with E-state index in [0.29, 0.717) is 4.99 Å². The highest BCUT2D eigenvalue weighted by molar-refractivity contribution is 7.80. The van der Waals surface area contributed by atoms with E-state index in [-0.39, 0.29) is 0 Å². The zero-order valence-corrected chi connectivity index (χ0v) is 9.00. The number of thiocarbonyl (C=S) groups is 1. The average molecular weight is 213 g/mol. The van der Waals surface area contributed by atoms with Gasteiger partial charge in [0, 0.05) is 5.56 Å². The third-order valence-electron chi connectivity index (χ3n) is 2.28. The zero-order valence-electron chi connectivity index (χ0n) is 8.18. The summed E-state index contributed by atoms with van der Waals surface area (Å²) >= 11 is 5.03. The van der Waals surface area contributed by atoms with Gasteiger partial charge in [-0.2, -0.15) is 0 Å². The van der Waals surface area contributed by atoms with Crippen LogP contribution in [0, 0.1) is 0 Å². The molecule has 2 N–H and O–H groups in total. The molecule has 0 amide bonds. The van der Waals surface area contributed by atoms with Gasteiger partial charge in [-0.05, 0) is 11.1 Å². The van der Waals surface area contributed by atoms with Crippen LogP contribution < -0.4 is 5.73 Å². The number of benzene rings is 2. The first-order valence-corrected chi connectivity index (χ1v) is 5.14. The summed E-state index contributed by atoms with van der Waals surface area (Å²) in [5.41, 5.74) is 8.84. The first-order valence-electron chi connectivity index (χ1n) is 4.73. The molecule has 0 unspecified atom stereocenters. The SMILES string of the molecule is NC(=S)c1ccccc1-c1ccccc1. The molecule has 0 fully saturated rings. The Morgan fingerprint density at radius 2 is 1.47 bits per heavy atom. The molecule has 74 valence electrons. The van der Waals surface area contributed by atoms with E-state index in [0.717, 1.165) is 16.7 Å². The fourth-order valence-electron chi connectivity index (χ4n) is 1.57. The Kier molecular flexibility index (Phi) is 2.79. The molecule has 0 aliphatic heterocycles. The summed E-state index contributed by atoms with van der Waals surface area (Å²) in [5.74, 6) is 0. The van der Waals surface area contributed by atoms with Crippen LogP contribution in [-0.4, -0.2) is 4.99 Å². The van der Waals surface area contributed by atoms with Crippen LogP contribution in [0.4, 0.5) is 0 Å². The van der Waals surface area contributed by atoms with Gasteiger partial charge in [0.1, 0.15) is 4.99 Å². The molecule has 2 rings (SSSR count). The topological polar surface area (TPSA) is 26.0 Å². The second-order valence-electron chi connectivity index (χ2n) is 3.28. The van der Waals surface area contributed by atoms with E-state index in [1.54, 1.807) is 0 Å². The van der Waals surface area contributed by atoms with Crippen LogP contribution in [0.25, 0.3) is 11.1 Å². The minimum Gasteiger partial charge on any atom is -0.389 e. The molecule has 0 atom stereocenters. The zero-order chi connectivity index (χ0) is 10.7. The van der Waals surface area contributed by atoms with Gasteiger partial charge in [0.05, 0.1) is 0 Å².